The van der Waals surface area contributed by atoms with Crippen molar-refractivity contribution < 1.29 is 4.74 Å². The Bertz CT molecular complexity index is 609. The second kappa shape index (κ2) is 5.45. The van der Waals surface area contributed by atoms with Gasteiger partial charge in [-0.15, -0.1) is 0 Å². The third-order valence-corrected chi connectivity index (χ3v) is 3.70. The molecule has 1 saturated carbocycles. The Hall–Kier alpha value is -2.17. The number of rotatable bonds is 3. The lowest BCUT2D eigenvalue weighted by Gasteiger charge is -2.11. The third kappa shape index (κ3) is 2.57. The number of nitrogen functional groups attached to an aromatic ring is 1. The molecule has 0 bridgehead atoms. The van der Waals surface area contributed by atoms with Crippen molar-refractivity contribution in [2.24, 2.45) is 0 Å². The maximum absolute atomic E-state index is 5.92. The average molecular weight is 270 g/mol. The van der Waals surface area contributed by atoms with E-state index in [1.807, 2.05) is 18.2 Å². The monoisotopic (exact) mass is 270 g/mol. The number of nitrogens with two attached hydrogens (primary N) is 1. The highest BCUT2D eigenvalue weighted by atomic mass is 16.5. The van der Waals surface area contributed by atoms with Crippen molar-refractivity contribution in [2.75, 3.05) is 12.8 Å². The Labute approximate surface area is 118 Å². The summed E-state index contributed by atoms with van der Waals surface area (Å²) in [5.74, 6) is 2.13. The predicted octanol–water partition coefficient (Wildman–Crippen LogP) is 2.79. The van der Waals surface area contributed by atoms with Crippen LogP contribution in [0.5, 0.6) is 5.88 Å². The first-order valence-corrected chi connectivity index (χ1v) is 6.92. The van der Waals surface area contributed by atoms with Crippen LogP contribution in [-0.2, 0) is 0 Å². The summed E-state index contributed by atoms with van der Waals surface area (Å²) in [7, 11) is 1.59. The lowest BCUT2D eigenvalue weighted by atomic mass is 10.0. The molecule has 2 aromatic rings. The molecule has 5 heteroatoms. The molecule has 2 N–H and O–H groups in total. The van der Waals surface area contributed by atoms with Gasteiger partial charge in [-0.3, -0.25) is 0 Å². The Morgan fingerprint density at radius 3 is 2.70 bits per heavy atom. The molecule has 104 valence electrons. The fraction of sp³-hybridized carbons (Fsp3) is 0.400. The van der Waals surface area contributed by atoms with Gasteiger partial charge in [0.25, 0.3) is 0 Å². The molecule has 1 aliphatic carbocycles. The van der Waals surface area contributed by atoms with Crippen LogP contribution in [0.3, 0.4) is 0 Å². The van der Waals surface area contributed by atoms with Gasteiger partial charge in [0.2, 0.25) is 5.88 Å². The maximum Gasteiger partial charge on any atom is 0.213 e. The molecule has 2 heterocycles. The summed E-state index contributed by atoms with van der Waals surface area (Å²) >= 11 is 0. The summed E-state index contributed by atoms with van der Waals surface area (Å²) in [5, 5.41) is 0. The molecule has 20 heavy (non-hydrogen) atoms. The second-order valence-electron chi connectivity index (χ2n) is 5.09. The van der Waals surface area contributed by atoms with Gasteiger partial charge in [-0.25, -0.2) is 15.0 Å². The Morgan fingerprint density at radius 1 is 1.15 bits per heavy atom. The van der Waals surface area contributed by atoms with Gasteiger partial charge in [-0.2, -0.15) is 0 Å². The number of aromatic nitrogens is 3. The number of ether oxygens (including phenoxy) is 1. The molecule has 0 amide bonds. The standard InChI is InChI=1S/C15H18N4O/c1-20-14-8-4-7-11(17-14)15-18-12(9-13(16)19-15)10-5-2-3-6-10/h4,7-10H,2-3,5-6H2,1H3,(H2,16,18,19). The molecule has 0 unspecified atom stereocenters. The number of hydrogen-bond donors (Lipinski definition) is 1. The van der Waals surface area contributed by atoms with Crippen LogP contribution < -0.4 is 10.5 Å². The zero-order valence-electron chi connectivity index (χ0n) is 11.5. The van der Waals surface area contributed by atoms with Crippen molar-refractivity contribution >= 4 is 5.82 Å². The van der Waals surface area contributed by atoms with Gasteiger partial charge in [0.15, 0.2) is 5.82 Å². The summed E-state index contributed by atoms with van der Waals surface area (Å²) in [6.45, 7) is 0. The third-order valence-electron chi connectivity index (χ3n) is 3.70. The Kier molecular flexibility index (Phi) is 3.50. The first-order valence-electron chi connectivity index (χ1n) is 6.92. The van der Waals surface area contributed by atoms with Crippen molar-refractivity contribution in [1.82, 2.24) is 15.0 Å². The minimum absolute atomic E-state index is 0.501. The van der Waals surface area contributed by atoms with Gasteiger partial charge in [-0.05, 0) is 18.9 Å². The summed E-state index contributed by atoms with van der Waals surface area (Å²) in [5.41, 5.74) is 7.65. The molecule has 0 radical (unpaired) electrons. The van der Waals surface area contributed by atoms with E-state index in [1.54, 1.807) is 13.2 Å². The van der Waals surface area contributed by atoms with E-state index in [1.165, 1.54) is 25.7 Å². The summed E-state index contributed by atoms with van der Waals surface area (Å²) in [6, 6.07) is 7.44. The van der Waals surface area contributed by atoms with Crippen LogP contribution in [0.2, 0.25) is 0 Å². The molecule has 5 nitrogen and oxygen atoms in total. The van der Waals surface area contributed by atoms with Crippen LogP contribution in [0.4, 0.5) is 5.82 Å². The molecule has 3 rings (SSSR count). The number of hydrogen-bond acceptors (Lipinski definition) is 5. The first-order chi connectivity index (χ1) is 9.76. The number of nitrogens with zero attached hydrogens (tertiary/aromatic N) is 3. The molecule has 0 atom stereocenters. The van der Waals surface area contributed by atoms with Gasteiger partial charge in [0.05, 0.1) is 7.11 Å². The van der Waals surface area contributed by atoms with Gasteiger partial charge >= 0.3 is 0 Å². The Morgan fingerprint density at radius 2 is 1.95 bits per heavy atom. The molecular formula is C15H18N4O. The van der Waals surface area contributed by atoms with Crippen LogP contribution in [-0.4, -0.2) is 22.1 Å². The quantitative estimate of drug-likeness (QED) is 0.928. The topological polar surface area (TPSA) is 73.9 Å². The van der Waals surface area contributed by atoms with Gasteiger partial charge in [0.1, 0.15) is 11.5 Å². The zero-order valence-corrected chi connectivity index (χ0v) is 11.5. The Balaban J connectivity index is 1.99. The van der Waals surface area contributed by atoms with Crippen molar-refractivity contribution in [3.05, 3.63) is 30.0 Å². The second-order valence-corrected chi connectivity index (χ2v) is 5.09. The smallest absolute Gasteiger partial charge is 0.213 e. The van der Waals surface area contributed by atoms with Crippen molar-refractivity contribution in [3.8, 4) is 17.4 Å². The number of pyridine rings is 1. The molecule has 0 spiro atoms. The minimum atomic E-state index is 0.501. The normalized spacial score (nSPS) is 15.4. The lowest BCUT2D eigenvalue weighted by molar-refractivity contribution is 0.398. The fourth-order valence-electron chi connectivity index (χ4n) is 2.68. The highest BCUT2D eigenvalue weighted by Gasteiger charge is 2.20. The number of anilines is 1. The fourth-order valence-corrected chi connectivity index (χ4v) is 2.68. The van der Waals surface area contributed by atoms with Gasteiger partial charge in [0, 0.05) is 23.7 Å². The molecule has 2 aromatic heterocycles. The van der Waals surface area contributed by atoms with Crippen molar-refractivity contribution in [1.29, 1.82) is 0 Å². The molecule has 1 fully saturated rings. The molecule has 1 aliphatic rings. The molecule has 0 aliphatic heterocycles. The van der Waals surface area contributed by atoms with Crippen LogP contribution >= 0.6 is 0 Å². The van der Waals surface area contributed by atoms with Crippen molar-refractivity contribution in [2.45, 2.75) is 31.6 Å². The van der Waals surface area contributed by atoms with E-state index in [0.29, 0.717) is 29.1 Å². The highest BCUT2D eigenvalue weighted by molar-refractivity contribution is 5.53. The SMILES string of the molecule is COc1cccc(-c2nc(N)cc(C3CCCC3)n2)n1. The average Bonchev–Trinajstić information content (AvgIpc) is 3.01. The number of methoxy groups -OCH3 is 1. The van der Waals surface area contributed by atoms with E-state index in [0.717, 1.165) is 5.69 Å². The zero-order chi connectivity index (χ0) is 13.9. The van der Waals surface area contributed by atoms with Crippen LogP contribution in [0.15, 0.2) is 24.3 Å². The minimum Gasteiger partial charge on any atom is -0.481 e. The van der Waals surface area contributed by atoms with Gasteiger partial charge < -0.3 is 10.5 Å². The molecule has 0 aromatic carbocycles. The van der Waals surface area contributed by atoms with E-state index in [9.17, 15) is 0 Å². The van der Waals surface area contributed by atoms with Gasteiger partial charge in [-0.1, -0.05) is 18.9 Å². The largest absolute Gasteiger partial charge is 0.481 e. The lowest BCUT2D eigenvalue weighted by Crippen LogP contribution is -2.04. The molecule has 0 saturated heterocycles. The first kappa shape index (κ1) is 12.8. The van der Waals surface area contributed by atoms with Crippen LogP contribution in [0, 0.1) is 0 Å². The van der Waals surface area contributed by atoms with E-state index >= 15 is 0 Å². The van der Waals surface area contributed by atoms with E-state index in [2.05, 4.69) is 15.0 Å². The summed E-state index contributed by atoms with van der Waals surface area (Å²) < 4.78 is 5.14. The van der Waals surface area contributed by atoms with Crippen LogP contribution in [0.1, 0.15) is 37.3 Å². The van der Waals surface area contributed by atoms with Crippen LogP contribution in [0.25, 0.3) is 11.5 Å². The molecular weight excluding hydrogens is 252 g/mol. The predicted molar refractivity (Wildman–Crippen MR) is 77.4 cm³/mol. The summed E-state index contributed by atoms with van der Waals surface area (Å²) in [4.78, 5) is 13.3. The van der Waals surface area contributed by atoms with Crippen molar-refractivity contribution in [3.63, 3.8) is 0 Å². The maximum atomic E-state index is 5.92. The van der Waals surface area contributed by atoms with E-state index < -0.39 is 0 Å². The van der Waals surface area contributed by atoms with E-state index in [4.69, 9.17) is 10.5 Å². The van der Waals surface area contributed by atoms with E-state index in [-0.39, 0.29) is 0 Å². The highest BCUT2D eigenvalue weighted by Crippen LogP contribution is 2.34. The summed E-state index contributed by atoms with van der Waals surface area (Å²) in [6.07, 6.45) is 4.89.